The van der Waals surface area contributed by atoms with Gasteiger partial charge in [-0.05, 0) is 93.3 Å². The van der Waals surface area contributed by atoms with Gasteiger partial charge in [-0.25, -0.2) is 4.79 Å². The van der Waals surface area contributed by atoms with E-state index in [-0.39, 0.29) is 28.6 Å². The zero-order valence-electron chi connectivity index (χ0n) is 24.0. The minimum atomic E-state index is -1.12. The van der Waals surface area contributed by atoms with E-state index in [2.05, 4.69) is 26.1 Å². The number of amides is 1. The largest absolute Gasteiger partial charge is 0.480 e. The Hall–Kier alpha value is -1.38. The predicted molar refractivity (Wildman–Crippen MR) is 145 cm³/mol. The fraction of sp³-hybridized carbons (Fsp3) is 0.933. The van der Waals surface area contributed by atoms with Crippen LogP contribution in [0.15, 0.2) is 0 Å². The van der Waals surface area contributed by atoms with Crippen molar-refractivity contribution in [3.05, 3.63) is 0 Å². The number of aliphatic carboxylic acids is 1. The zero-order valence-corrected chi connectivity index (χ0v) is 24.0. The second-order valence-corrected chi connectivity index (χ2v) is 13.9. The van der Waals surface area contributed by atoms with Crippen LogP contribution in [0.5, 0.6) is 0 Å². The van der Waals surface area contributed by atoms with E-state index in [1.807, 2.05) is 6.92 Å². The van der Waals surface area contributed by atoms with Crippen molar-refractivity contribution < 1.29 is 29.6 Å². The van der Waals surface area contributed by atoms with Crippen LogP contribution in [0.1, 0.15) is 111 Å². The Balaban J connectivity index is 1.60. The van der Waals surface area contributed by atoms with Crippen molar-refractivity contribution in [1.82, 2.24) is 5.32 Å². The summed E-state index contributed by atoms with van der Waals surface area (Å²) in [6, 6.07) is 0. The second-order valence-electron chi connectivity index (χ2n) is 13.9. The average molecular weight is 537 g/mol. The molecule has 6 N–H and O–H groups in total. The summed E-state index contributed by atoms with van der Waals surface area (Å²) in [4.78, 5) is 23.6. The normalized spacial score (nSPS) is 43.8. The highest BCUT2D eigenvalue weighted by molar-refractivity contribution is 5.76. The number of carboxylic acids is 1. The van der Waals surface area contributed by atoms with Gasteiger partial charge in [0.05, 0.1) is 11.7 Å². The third-order valence-corrected chi connectivity index (χ3v) is 11.9. The summed E-state index contributed by atoms with van der Waals surface area (Å²) in [6.07, 6.45) is 10.3. The van der Waals surface area contributed by atoms with Gasteiger partial charge in [0.2, 0.25) is 0 Å². The number of nitrogens with two attached hydrogens (primary N) is 1. The molecule has 8 nitrogen and oxygen atoms in total. The number of carbonyl (C=O) groups is 2. The molecule has 0 aliphatic heterocycles. The van der Waals surface area contributed by atoms with Gasteiger partial charge in [-0.15, -0.1) is 0 Å². The highest BCUT2D eigenvalue weighted by Crippen LogP contribution is 2.69. The van der Waals surface area contributed by atoms with Crippen LogP contribution in [-0.2, 0) is 9.53 Å². The molecule has 0 aromatic carbocycles. The lowest BCUT2D eigenvalue weighted by Gasteiger charge is -2.67. The molecule has 0 saturated heterocycles. The fourth-order valence-corrected chi connectivity index (χ4v) is 9.83. The van der Waals surface area contributed by atoms with Crippen molar-refractivity contribution in [3.63, 3.8) is 0 Å². The number of aliphatic hydroxyl groups is 2. The van der Waals surface area contributed by atoms with Crippen molar-refractivity contribution in [1.29, 1.82) is 0 Å². The molecule has 4 fully saturated rings. The Morgan fingerprint density at radius 3 is 2.45 bits per heavy atom. The molecule has 0 unspecified atom stereocenters. The zero-order chi connectivity index (χ0) is 27.9. The van der Waals surface area contributed by atoms with Gasteiger partial charge in [-0.3, -0.25) is 4.79 Å². The maximum atomic E-state index is 12.6. The predicted octanol–water partition coefficient (Wildman–Crippen LogP) is 4.60. The van der Waals surface area contributed by atoms with E-state index in [4.69, 9.17) is 15.6 Å². The molecule has 0 radical (unpaired) electrons. The van der Waals surface area contributed by atoms with E-state index in [9.17, 15) is 19.8 Å². The van der Waals surface area contributed by atoms with Gasteiger partial charge < -0.3 is 31.1 Å². The standard InChI is InChI=1S/C30H52N2O6/c1-5-6-7-8-12-29(4,37)24-10-9-20-21-17-23(38-26(36)32-18-25(34)35)22-16-19(33)11-13-28(22,3)30(21,31)15-14-27(20,24)2/h19-24,33,37H,5-18,31H2,1-4H3,(H,32,36)(H,34,35)/t19-,20-,21-,22+,23-,24-,27-,28-,29-,30+/m0/s1. The Labute approximate surface area is 228 Å². The molecule has 4 aliphatic rings. The smallest absolute Gasteiger partial charge is 0.407 e. The molecule has 10 atom stereocenters. The van der Waals surface area contributed by atoms with Gasteiger partial charge in [0, 0.05) is 11.5 Å². The van der Waals surface area contributed by atoms with Crippen molar-refractivity contribution in [3.8, 4) is 0 Å². The van der Waals surface area contributed by atoms with Crippen LogP contribution in [0.4, 0.5) is 4.79 Å². The Kier molecular flexibility index (Phi) is 8.48. The quantitative estimate of drug-likeness (QED) is 0.271. The molecule has 4 rings (SSSR count). The molecule has 4 aliphatic carbocycles. The second kappa shape index (κ2) is 10.9. The molecule has 4 saturated carbocycles. The summed E-state index contributed by atoms with van der Waals surface area (Å²) in [5, 5.41) is 33.7. The van der Waals surface area contributed by atoms with E-state index in [0.717, 1.165) is 51.4 Å². The summed E-state index contributed by atoms with van der Waals surface area (Å²) in [7, 11) is 0. The molecule has 8 heteroatoms. The van der Waals surface area contributed by atoms with E-state index < -0.39 is 42.0 Å². The molecule has 0 heterocycles. The minimum Gasteiger partial charge on any atom is -0.480 e. The molecule has 0 spiro atoms. The highest BCUT2D eigenvalue weighted by Gasteiger charge is 2.69. The Morgan fingerprint density at radius 2 is 1.76 bits per heavy atom. The van der Waals surface area contributed by atoms with Crippen LogP contribution in [0.2, 0.25) is 0 Å². The number of hydrogen-bond acceptors (Lipinski definition) is 6. The minimum absolute atomic E-state index is 0.0325. The molecular weight excluding hydrogens is 484 g/mol. The first kappa shape index (κ1) is 29.6. The number of ether oxygens (including phenoxy) is 1. The molecule has 38 heavy (non-hydrogen) atoms. The number of rotatable bonds is 9. The van der Waals surface area contributed by atoms with E-state index in [1.165, 1.54) is 12.8 Å². The first-order valence-corrected chi connectivity index (χ1v) is 15.1. The number of nitrogens with one attached hydrogen (secondary N) is 1. The van der Waals surface area contributed by atoms with E-state index in [0.29, 0.717) is 25.2 Å². The van der Waals surface area contributed by atoms with Gasteiger partial charge in [-0.1, -0.05) is 46.5 Å². The summed E-state index contributed by atoms with van der Waals surface area (Å²) in [5.41, 5.74) is 6.02. The van der Waals surface area contributed by atoms with Gasteiger partial charge in [-0.2, -0.15) is 0 Å². The molecule has 0 aromatic heterocycles. The maximum absolute atomic E-state index is 12.6. The summed E-state index contributed by atoms with van der Waals surface area (Å²) < 4.78 is 5.94. The highest BCUT2D eigenvalue weighted by atomic mass is 16.6. The lowest BCUT2D eigenvalue weighted by atomic mass is 9.40. The number of carbonyl (C=O) groups excluding carboxylic acids is 1. The topological polar surface area (TPSA) is 142 Å². The Bertz CT molecular complexity index is 881. The summed E-state index contributed by atoms with van der Waals surface area (Å²) in [5.74, 6) is -0.525. The van der Waals surface area contributed by atoms with Crippen LogP contribution in [-0.4, -0.2) is 57.3 Å². The summed E-state index contributed by atoms with van der Waals surface area (Å²) >= 11 is 0. The Morgan fingerprint density at radius 1 is 1.03 bits per heavy atom. The number of unbranched alkanes of at least 4 members (excludes halogenated alkanes) is 3. The fourth-order valence-electron chi connectivity index (χ4n) is 9.83. The third kappa shape index (κ3) is 5.10. The van der Waals surface area contributed by atoms with E-state index >= 15 is 0 Å². The van der Waals surface area contributed by atoms with Crippen LogP contribution >= 0.6 is 0 Å². The SMILES string of the molecule is CCCCCC[C@](C)(O)[C@H]1CC[C@H]2[C@@H]3C[C@H](OC(=O)NCC(=O)O)[C@H]4C[C@@H](O)CC[C@]4(C)[C@@]3(N)CC[C@@]21C. The molecule has 1 amide bonds. The summed E-state index contributed by atoms with van der Waals surface area (Å²) in [6.45, 7) is 8.36. The number of fused-ring (bicyclic) bond motifs is 5. The first-order valence-electron chi connectivity index (χ1n) is 15.1. The van der Waals surface area contributed by atoms with Crippen LogP contribution < -0.4 is 11.1 Å². The average Bonchev–Trinajstić information content (AvgIpc) is 3.21. The third-order valence-electron chi connectivity index (χ3n) is 11.9. The van der Waals surface area contributed by atoms with Crippen molar-refractivity contribution in [2.75, 3.05) is 6.54 Å². The molecule has 0 aromatic rings. The maximum Gasteiger partial charge on any atom is 0.407 e. The molecular formula is C30H52N2O6. The van der Waals surface area contributed by atoms with Gasteiger partial charge >= 0.3 is 12.1 Å². The number of alkyl carbamates (subject to hydrolysis) is 1. The first-order chi connectivity index (χ1) is 17.8. The van der Waals surface area contributed by atoms with E-state index in [1.54, 1.807) is 0 Å². The van der Waals surface area contributed by atoms with Gasteiger partial charge in [0.1, 0.15) is 12.6 Å². The van der Waals surface area contributed by atoms with Crippen LogP contribution in [0.3, 0.4) is 0 Å². The molecule has 0 bridgehead atoms. The lowest BCUT2D eigenvalue weighted by molar-refractivity contribution is -0.190. The lowest BCUT2D eigenvalue weighted by Crippen LogP contribution is -2.73. The molecule has 218 valence electrons. The number of hydrogen-bond donors (Lipinski definition) is 5. The monoisotopic (exact) mass is 536 g/mol. The number of aliphatic hydroxyl groups excluding tert-OH is 1. The van der Waals surface area contributed by atoms with Crippen LogP contribution in [0.25, 0.3) is 0 Å². The van der Waals surface area contributed by atoms with Gasteiger partial charge in [0.15, 0.2) is 0 Å². The number of carboxylic acid groups (broad SMARTS) is 1. The van der Waals surface area contributed by atoms with Crippen LogP contribution in [0, 0.1) is 34.5 Å². The van der Waals surface area contributed by atoms with Crippen molar-refractivity contribution in [2.24, 2.45) is 40.2 Å². The van der Waals surface area contributed by atoms with Crippen molar-refractivity contribution in [2.45, 2.75) is 135 Å². The van der Waals surface area contributed by atoms with Gasteiger partial charge in [0.25, 0.3) is 0 Å². The van der Waals surface area contributed by atoms with Crippen molar-refractivity contribution >= 4 is 12.1 Å².